The molecular weight excluding hydrogens is 601 g/mol. The van der Waals surface area contributed by atoms with Crippen LogP contribution in [0.15, 0.2) is 182 Å². The van der Waals surface area contributed by atoms with Crippen LogP contribution in [-0.4, -0.2) is 4.98 Å². The van der Waals surface area contributed by atoms with Gasteiger partial charge in [-0.05, 0) is 33.5 Å². The Hall–Kier alpha value is -5.82. The first kappa shape index (κ1) is 28.4. The van der Waals surface area contributed by atoms with Gasteiger partial charge in [-0.2, -0.15) is 0 Å². The van der Waals surface area contributed by atoms with Gasteiger partial charge in [0.05, 0.1) is 11.0 Å². The topological polar surface area (TPSA) is 30.0 Å². The smallest absolute Gasteiger partial charge is 0.171 e. The van der Waals surface area contributed by atoms with Gasteiger partial charge in [-0.15, -0.1) is 0 Å². The van der Waals surface area contributed by atoms with Gasteiger partial charge in [0, 0.05) is 43.0 Å². The van der Waals surface area contributed by atoms with Crippen molar-refractivity contribution in [1.29, 1.82) is 0 Å². The summed E-state index contributed by atoms with van der Waals surface area (Å²) < 4.78 is 14.9. The van der Waals surface area contributed by atoms with Crippen molar-refractivity contribution in [2.24, 2.45) is 0 Å². The summed E-state index contributed by atoms with van der Waals surface area (Å²) in [5.74, 6) is 0. The van der Waals surface area contributed by atoms with E-state index in [4.69, 9.17) is 4.98 Å². The van der Waals surface area contributed by atoms with Crippen molar-refractivity contribution in [3.8, 4) is 22.3 Å². The molecule has 0 aliphatic carbocycles. The highest BCUT2D eigenvalue weighted by atomic mass is 31.2. The normalized spacial score (nSPS) is 11.8. The molecule has 0 fully saturated rings. The number of aromatic nitrogens is 1. The van der Waals surface area contributed by atoms with E-state index < -0.39 is 7.14 Å². The molecule has 0 radical (unpaired) electrons. The fourth-order valence-electron chi connectivity index (χ4n) is 7.16. The molecular formula is C45H30NOP. The molecule has 0 bridgehead atoms. The van der Waals surface area contributed by atoms with Crippen LogP contribution in [0.4, 0.5) is 0 Å². The SMILES string of the molecule is O=P(c1ccccc1)(c1ccccc1)c1ccc(-c2cccc(-c3c4ccc5ccccc5c4nc4c3ccc3ccccc34)c2)cc1. The molecule has 0 saturated carbocycles. The molecule has 9 aromatic rings. The third kappa shape index (κ3) is 4.57. The molecule has 0 spiro atoms. The third-order valence-corrected chi connectivity index (χ3v) is 12.6. The van der Waals surface area contributed by atoms with E-state index in [9.17, 15) is 4.57 Å². The van der Waals surface area contributed by atoms with Crippen LogP contribution < -0.4 is 15.9 Å². The summed E-state index contributed by atoms with van der Waals surface area (Å²) in [6.45, 7) is 0. The Morgan fingerprint density at radius 2 is 0.833 bits per heavy atom. The van der Waals surface area contributed by atoms with E-state index in [1.807, 2.05) is 72.8 Å². The predicted octanol–water partition coefficient (Wildman–Crippen LogP) is 10.7. The second kappa shape index (κ2) is 11.5. The number of benzene rings is 8. The zero-order chi connectivity index (χ0) is 32.1. The highest BCUT2D eigenvalue weighted by molar-refractivity contribution is 7.85. The van der Waals surface area contributed by atoms with E-state index in [1.165, 1.54) is 16.3 Å². The second-order valence-corrected chi connectivity index (χ2v) is 15.0. The number of fused-ring (bicyclic) bond motifs is 6. The van der Waals surface area contributed by atoms with Crippen LogP contribution >= 0.6 is 7.14 Å². The molecule has 0 saturated heterocycles. The highest BCUT2D eigenvalue weighted by Gasteiger charge is 2.29. The Labute approximate surface area is 279 Å². The Balaban J connectivity index is 1.22. The van der Waals surface area contributed by atoms with Gasteiger partial charge in [-0.25, -0.2) is 4.98 Å². The van der Waals surface area contributed by atoms with Gasteiger partial charge in [0.25, 0.3) is 0 Å². The maximum Gasteiger partial charge on any atom is 0.171 e. The van der Waals surface area contributed by atoms with E-state index in [-0.39, 0.29) is 0 Å². The van der Waals surface area contributed by atoms with Crippen LogP contribution in [0.1, 0.15) is 0 Å². The van der Waals surface area contributed by atoms with Crippen molar-refractivity contribution >= 4 is 66.4 Å². The predicted molar refractivity (Wildman–Crippen MR) is 205 cm³/mol. The Morgan fingerprint density at radius 3 is 1.40 bits per heavy atom. The molecule has 3 heteroatoms. The standard InChI is InChI=1S/C45H30NOP/c47-48(36-16-3-1-4-17-36,37-18-5-2-6-19-37)38-26-22-31(23-27-38)34-14-11-15-35(30-34)43-41-28-24-32-12-7-9-20-39(32)44(41)46-45-40-21-10-8-13-33(40)25-29-42(43)45/h1-30H. The lowest BCUT2D eigenvalue weighted by Gasteiger charge is -2.20. The summed E-state index contributed by atoms with van der Waals surface area (Å²) in [6, 6.07) is 62.6. The zero-order valence-corrected chi connectivity index (χ0v) is 27.0. The molecule has 9 rings (SSSR count). The van der Waals surface area contributed by atoms with Gasteiger partial charge >= 0.3 is 0 Å². The molecule has 48 heavy (non-hydrogen) atoms. The molecule has 0 N–H and O–H groups in total. The van der Waals surface area contributed by atoms with Gasteiger partial charge in [-0.3, -0.25) is 0 Å². The lowest BCUT2D eigenvalue weighted by atomic mass is 9.91. The molecule has 2 nitrogen and oxygen atoms in total. The molecule has 0 aliphatic heterocycles. The number of nitrogens with zero attached hydrogens (tertiary/aromatic N) is 1. The fourth-order valence-corrected chi connectivity index (χ4v) is 9.81. The number of hydrogen-bond acceptors (Lipinski definition) is 2. The van der Waals surface area contributed by atoms with Gasteiger partial charge in [0.2, 0.25) is 0 Å². The van der Waals surface area contributed by atoms with Crippen molar-refractivity contribution in [1.82, 2.24) is 4.98 Å². The van der Waals surface area contributed by atoms with Crippen LogP contribution in [0.5, 0.6) is 0 Å². The highest BCUT2D eigenvalue weighted by Crippen LogP contribution is 2.43. The van der Waals surface area contributed by atoms with E-state index >= 15 is 0 Å². The van der Waals surface area contributed by atoms with Gasteiger partial charge in [0.15, 0.2) is 7.14 Å². The van der Waals surface area contributed by atoms with Crippen LogP contribution in [0, 0.1) is 0 Å². The molecule has 0 aliphatic rings. The maximum atomic E-state index is 14.9. The van der Waals surface area contributed by atoms with E-state index in [2.05, 4.69) is 109 Å². The summed E-state index contributed by atoms with van der Waals surface area (Å²) >= 11 is 0. The first-order valence-electron chi connectivity index (χ1n) is 16.2. The van der Waals surface area contributed by atoms with Crippen molar-refractivity contribution in [2.45, 2.75) is 0 Å². The van der Waals surface area contributed by atoms with Crippen LogP contribution in [-0.2, 0) is 4.57 Å². The number of pyridine rings is 1. The van der Waals surface area contributed by atoms with Gasteiger partial charge in [0.1, 0.15) is 0 Å². The van der Waals surface area contributed by atoms with E-state index in [0.717, 1.165) is 65.2 Å². The average Bonchev–Trinajstić information content (AvgIpc) is 3.17. The Morgan fingerprint density at radius 1 is 0.354 bits per heavy atom. The van der Waals surface area contributed by atoms with Crippen molar-refractivity contribution in [3.63, 3.8) is 0 Å². The zero-order valence-electron chi connectivity index (χ0n) is 26.1. The minimum absolute atomic E-state index is 0.824. The van der Waals surface area contributed by atoms with Crippen LogP contribution in [0.2, 0.25) is 0 Å². The lowest BCUT2D eigenvalue weighted by molar-refractivity contribution is 0.592. The first-order valence-corrected chi connectivity index (χ1v) is 17.9. The lowest BCUT2D eigenvalue weighted by Crippen LogP contribution is -2.24. The molecule has 0 unspecified atom stereocenters. The maximum absolute atomic E-state index is 14.9. The third-order valence-electron chi connectivity index (χ3n) is 9.52. The van der Waals surface area contributed by atoms with Gasteiger partial charge in [-0.1, -0.05) is 176 Å². The summed E-state index contributed by atoms with van der Waals surface area (Å²) in [7, 11) is -3.05. The fraction of sp³-hybridized carbons (Fsp3) is 0. The molecule has 226 valence electrons. The quantitative estimate of drug-likeness (QED) is 0.107. The first-order chi connectivity index (χ1) is 23.7. The number of hydrogen-bond donors (Lipinski definition) is 0. The number of rotatable bonds is 5. The summed E-state index contributed by atoms with van der Waals surface area (Å²) in [5.41, 5.74) is 6.53. The van der Waals surface area contributed by atoms with Crippen molar-refractivity contribution in [3.05, 3.63) is 182 Å². The summed E-state index contributed by atoms with van der Waals surface area (Å²) in [4.78, 5) is 5.36. The monoisotopic (exact) mass is 631 g/mol. The Bertz CT molecular complexity index is 2550. The summed E-state index contributed by atoms with van der Waals surface area (Å²) in [6.07, 6.45) is 0. The van der Waals surface area contributed by atoms with Crippen LogP contribution in [0.3, 0.4) is 0 Å². The molecule has 0 amide bonds. The van der Waals surface area contributed by atoms with E-state index in [1.54, 1.807) is 0 Å². The largest absolute Gasteiger partial charge is 0.309 e. The molecule has 0 atom stereocenters. The summed E-state index contributed by atoms with van der Waals surface area (Å²) in [5, 5.41) is 9.43. The molecule has 8 aromatic carbocycles. The van der Waals surface area contributed by atoms with Gasteiger partial charge < -0.3 is 4.57 Å². The van der Waals surface area contributed by atoms with Crippen molar-refractivity contribution < 1.29 is 4.57 Å². The second-order valence-electron chi connectivity index (χ2n) is 12.3. The van der Waals surface area contributed by atoms with Crippen LogP contribution in [0.25, 0.3) is 65.6 Å². The molecule has 1 aromatic heterocycles. The Kier molecular flexibility index (Phi) is 6.78. The molecule has 1 heterocycles. The minimum Gasteiger partial charge on any atom is -0.309 e. The van der Waals surface area contributed by atoms with Crippen molar-refractivity contribution in [2.75, 3.05) is 0 Å². The minimum atomic E-state index is -3.05. The average molecular weight is 632 g/mol. The van der Waals surface area contributed by atoms with E-state index in [0.29, 0.717) is 0 Å².